The summed E-state index contributed by atoms with van der Waals surface area (Å²) in [6.45, 7) is 17.1. The molecule has 3 aromatic rings. The highest BCUT2D eigenvalue weighted by molar-refractivity contribution is 5.90. The molecule has 1 saturated heterocycles. The van der Waals surface area contributed by atoms with Crippen LogP contribution in [0.5, 0.6) is 5.75 Å². The molecular formula is C36H49N3O2. The van der Waals surface area contributed by atoms with E-state index in [0.717, 1.165) is 61.2 Å². The number of benzene rings is 3. The lowest BCUT2D eigenvalue weighted by molar-refractivity contribution is 0.154. The summed E-state index contributed by atoms with van der Waals surface area (Å²) in [5.41, 5.74) is 6.15. The van der Waals surface area contributed by atoms with E-state index in [0.29, 0.717) is 11.8 Å². The molecule has 5 heteroatoms. The predicted octanol–water partition coefficient (Wildman–Crippen LogP) is 8.12. The number of carbonyl (C=O) groups excluding carboxylic acids is 1. The number of nitrogens with zero attached hydrogens (tertiary/aromatic N) is 1. The number of nitrogens with one attached hydrogen (secondary N) is 2. The van der Waals surface area contributed by atoms with Crippen molar-refractivity contribution in [3.8, 4) is 5.75 Å². The van der Waals surface area contributed by atoms with Crippen molar-refractivity contribution in [2.45, 2.75) is 97.1 Å². The number of urea groups is 1. The molecule has 1 fully saturated rings. The van der Waals surface area contributed by atoms with Gasteiger partial charge < -0.3 is 15.7 Å². The Balaban J connectivity index is 1.37. The van der Waals surface area contributed by atoms with E-state index >= 15 is 0 Å². The summed E-state index contributed by atoms with van der Waals surface area (Å²) in [5, 5.41) is 17.4. The maximum Gasteiger partial charge on any atom is 0.319 e. The van der Waals surface area contributed by atoms with E-state index in [4.69, 9.17) is 0 Å². The number of likely N-dealkylation sites (tertiary alicyclic amines) is 1. The van der Waals surface area contributed by atoms with Gasteiger partial charge in [-0.25, -0.2) is 4.79 Å². The van der Waals surface area contributed by atoms with Gasteiger partial charge in [-0.1, -0.05) is 102 Å². The molecule has 1 aliphatic rings. The molecule has 3 aromatic carbocycles. The summed E-state index contributed by atoms with van der Waals surface area (Å²) in [6, 6.07) is 23.4. The number of hydrogen-bond acceptors (Lipinski definition) is 3. The number of phenols is 1. The Morgan fingerprint density at radius 1 is 0.878 bits per heavy atom. The van der Waals surface area contributed by atoms with Crippen molar-refractivity contribution in [1.29, 1.82) is 0 Å². The highest BCUT2D eigenvalue weighted by Gasteiger charge is 2.27. The number of para-hydroxylation sites is 1. The molecule has 3 N–H and O–H groups in total. The fraction of sp³-hybridized carbons (Fsp3) is 0.472. The molecule has 0 aliphatic carbocycles. The highest BCUT2D eigenvalue weighted by atomic mass is 16.3. The van der Waals surface area contributed by atoms with Crippen molar-refractivity contribution in [2.75, 3.05) is 18.4 Å². The van der Waals surface area contributed by atoms with Crippen LogP contribution >= 0.6 is 0 Å². The number of rotatable bonds is 7. The van der Waals surface area contributed by atoms with Gasteiger partial charge in [0.25, 0.3) is 0 Å². The van der Waals surface area contributed by atoms with Gasteiger partial charge in [-0.3, -0.25) is 4.90 Å². The molecule has 2 amide bonds. The molecule has 41 heavy (non-hydrogen) atoms. The number of piperidine rings is 1. The molecule has 0 bridgehead atoms. The Labute approximate surface area is 247 Å². The minimum atomic E-state index is -0.159. The van der Waals surface area contributed by atoms with Crippen LogP contribution in [0.3, 0.4) is 0 Å². The van der Waals surface area contributed by atoms with Crippen LogP contribution in [-0.4, -0.2) is 35.2 Å². The third-order valence-electron chi connectivity index (χ3n) is 8.43. The lowest BCUT2D eigenvalue weighted by Crippen LogP contribution is -2.46. The van der Waals surface area contributed by atoms with Gasteiger partial charge in [0.2, 0.25) is 0 Å². The van der Waals surface area contributed by atoms with Crippen molar-refractivity contribution in [1.82, 2.24) is 10.2 Å². The molecule has 5 nitrogen and oxygen atoms in total. The second kappa shape index (κ2) is 12.7. The van der Waals surface area contributed by atoms with Gasteiger partial charge in [-0.05, 0) is 77.3 Å². The first kappa shape index (κ1) is 30.6. The van der Waals surface area contributed by atoms with Crippen LogP contribution in [0, 0.1) is 0 Å². The van der Waals surface area contributed by atoms with E-state index in [2.05, 4.69) is 113 Å². The van der Waals surface area contributed by atoms with Crippen LogP contribution in [0.15, 0.2) is 66.7 Å². The van der Waals surface area contributed by atoms with Crippen molar-refractivity contribution >= 4 is 11.7 Å². The molecule has 0 spiro atoms. The average molecular weight is 556 g/mol. The topological polar surface area (TPSA) is 64.6 Å². The summed E-state index contributed by atoms with van der Waals surface area (Å²) >= 11 is 0. The van der Waals surface area contributed by atoms with Gasteiger partial charge in [-0.2, -0.15) is 0 Å². The lowest BCUT2D eigenvalue weighted by atomic mass is 9.78. The lowest BCUT2D eigenvalue weighted by Gasteiger charge is -2.36. The van der Waals surface area contributed by atoms with Crippen LogP contribution < -0.4 is 10.6 Å². The summed E-state index contributed by atoms with van der Waals surface area (Å²) in [6.07, 6.45) is 3.51. The first-order chi connectivity index (χ1) is 19.3. The van der Waals surface area contributed by atoms with E-state index in [-0.39, 0.29) is 22.9 Å². The van der Waals surface area contributed by atoms with E-state index < -0.39 is 0 Å². The van der Waals surface area contributed by atoms with Gasteiger partial charge in [0.15, 0.2) is 0 Å². The summed E-state index contributed by atoms with van der Waals surface area (Å²) < 4.78 is 0. The van der Waals surface area contributed by atoms with Crippen LogP contribution in [0.1, 0.15) is 95.2 Å². The Kier molecular flexibility index (Phi) is 9.48. The van der Waals surface area contributed by atoms with Gasteiger partial charge >= 0.3 is 6.03 Å². The number of hydrogen-bond donors (Lipinski definition) is 3. The SMILES string of the molecule is CC(c1ccccc1)N1CCC(NC(=O)Nc2ccccc2CCc2cc(C(C)(C)C)c(O)c(C(C)(C)C)c2)CC1. The molecule has 4 rings (SSSR count). The standard InChI is InChI=1S/C36H49N3O2/c1-25(27-13-9-8-10-14-27)39-21-19-29(20-22-39)37-34(41)38-32-16-12-11-15-28(32)18-17-26-23-30(35(2,3)4)33(40)31(24-26)36(5,6)7/h8-16,23-25,29,40H,17-22H2,1-7H3,(H2,37,38,41). The number of phenolic OH excluding ortho intramolecular Hbond substituents is 1. The number of anilines is 1. The van der Waals surface area contributed by atoms with Crippen molar-refractivity contribution < 1.29 is 9.90 Å². The van der Waals surface area contributed by atoms with E-state index in [9.17, 15) is 9.90 Å². The van der Waals surface area contributed by atoms with Crippen molar-refractivity contribution in [3.05, 3.63) is 94.5 Å². The first-order valence-corrected chi connectivity index (χ1v) is 15.1. The van der Waals surface area contributed by atoms with Crippen molar-refractivity contribution in [2.24, 2.45) is 0 Å². The molecule has 0 radical (unpaired) electrons. The monoisotopic (exact) mass is 555 g/mol. The Morgan fingerprint density at radius 2 is 1.44 bits per heavy atom. The van der Waals surface area contributed by atoms with Crippen LogP contribution in [0.2, 0.25) is 0 Å². The molecular weight excluding hydrogens is 506 g/mol. The average Bonchev–Trinajstić information content (AvgIpc) is 2.92. The van der Waals surface area contributed by atoms with Gasteiger partial charge in [-0.15, -0.1) is 0 Å². The molecule has 1 unspecified atom stereocenters. The Bertz CT molecular complexity index is 1280. The Morgan fingerprint density at radius 3 is 2.02 bits per heavy atom. The third-order valence-corrected chi connectivity index (χ3v) is 8.43. The summed E-state index contributed by atoms with van der Waals surface area (Å²) in [5.74, 6) is 0.410. The fourth-order valence-corrected chi connectivity index (χ4v) is 5.84. The molecule has 220 valence electrons. The third kappa shape index (κ3) is 7.91. The van der Waals surface area contributed by atoms with Gasteiger partial charge in [0, 0.05) is 30.9 Å². The van der Waals surface area contributed by atoms with E-state index in [1.54, 1.807) is 0 Å². The summed E-state index contributed by atoms with van der Waals surface area (Å²) in [7, 11) is 0. The van der Waals surface area contributed by atoms with Crippen LogP contribution in [-0.2, 0) is 23.7 Å². The summed E-state index contributed by atoms with van der Waals surface area (Å²) in [4.78, 5) is 15.5. The van der Waals surface area contributed by atoms with E-state index in [1.807, 2.05) is 18.2 Å². The predicted molar refractivity (Wildman–Crippen MR) is 171 cm³/mol. The first-order valence-electron chi connectivity index (χ1n) is 15.1. The van der Waals surface area contributed by atoms with Gasteiger partial charge in [0.1, 0.15) is 5.75 Å². The molecule has 1 heterocycles. The minimum Gasteiger partial charge on any atom is -0.507 e. The normalized spacial score (nSPS) is 15.9. The smallest absolute Gasteiger partial charge is 0.319 e. The highest BCUT2D eigenvalue weighted by Crippen LogP contribution is 2.40. The molecule has 0 saturated carbocycles. The van der Waals surface area contributed by atoms with Crippen LogP contribution in [0.4, 0.5) is 10.5 Å². The molecule has 1 atom stereocenters. The number of aromatic hydroxyl groups is 1. The van der Waals surface area contributed by atoms with Crippen LogP contribution in [0.25, 0.3) is 0 Å². The number of carbonyl (C=O) groups is 1. The van der Waals surface area contributed by atoms with Crippen molar-refractivity contribution in [3.63, 3.8) is 0 Å². The largest absolute Gasteiger partial charge is 0.507 e. The van der Waals surface area contributed by atoms with E-state index in [1.165, 1.54) is 11.1 Å². The Hall–Kier alpha value is -3.31. The second-order valence-electron chi connectivity index (χ2n) is 13.7. The number of aryl methyl sites for hydroxylation is 2. The molecule has 0 aromatic heterocycles. The van der Waals surface area contributed by atoms with Gasteiger partial charge in [0.05, 0.1) is 0 Å². The fourth-order valence-electron chi connectivity index (χ4n) is 5.84. The zero-order valence-electron chi connectivity index (χ0n) is 26.1. The maximum atomic E-state index is 13.0. The zero-order valence-corrected chi connectivity index (χ0v) is 26.1. The molecule has 1 aliphatic heterocycles. The quantitative estimate of drug-likeness (QED) is 0.276. The zero-order chi connectivity index (χ0) is 29.8. The number of amides is 2. The second-order valence-corrected chi connectivity index (χ2v) is 13.7. The minimum absolute atomic E-state index is 0.137. The maximum absolute atomic E-state index is 13.0.